The summed E-state index contributed by atoms with van der Waals surface area (Å²) in [6.45, 7) is 1.80. The molecule has 2 amide bonds. The molecule has 166 valence electrons. The molecule has 0 bridgehead atoms. The Balaban J connectivity index is 1.43. The smallest absolute Gasteiger partial charge is 0.270 e. The van der Waals surface area contributed by atoms with Crippen molar-refractivity contribution in [2.45, 2.75) is 6.92 Å². The second-order valence-electron chi connectivity index (χ2n) is 7.22. The molecule has 3 aromatic carbocycles. The average molecular weight is 495 g/mol. The summed E-state index contributed by atoms with van der Waals surface area (Å²) >= 11 is 12.6. The van der Waals surface area contributed by atoms with Gasteiger partial charge in [-0.25, -0.2) is 0 Å². The molecule has 1 aliphatic rings. The molecule has 4 rings (SSSR count). The van der Waals surface area contributed by atoms with Crippen LogP contribution in [-0.4, -0.2) is 22.7 Å². The quantitative estimate of drug-likeness (QED) is 0.333. The average Bonchev–Trinajstić information content (AvgIpc) is 3.07. The zero-order valence-electron chi connectivity index (χ0n) is 17.6. The number of hydrogen-bond acceptors (Lipinski definition) is 5. The van der Waals surface area contributed by atoms with Crippen LogP contribution < -0.4 is 15.0 Å². The molecule has 5 nitrogen and oxygen atoms in total. The lowest BCUT2D eigenvalue weighted by atomic mass is 10.2. The minimum absolute atomic E-state index is 0.129. The van der Waals surface area contributed by atoms with Crippen LogP contribution in [-0.2, 0) is 9.59 Å². The summed E-state index contributed by atoms with van der Waals surface area (Å²) in [6, 6.07) is 21.7. The number of rotatable bonds is 6. The lowest BCUT2D eigenvalue weighted by Crippen LogP contribution is -2.27. The second kappa shape index (κ2) is 10.2. The molecule has 3 aromatic rings. The molecule has 1 fully saturated rings. The Morgan fingerprint density at radius 1 is 1.12 bits per heavy atom. The lowest BCUT2D eigenvalue weighted by molar-refractivity contribution is -0.118. The number of carbonyl (C=O) groups is 2. The van der Waals surface area contributed by atoms with E-state index in [-0.39, 0.29) is 18.4 Å². The Bertz CT molecular complexity index is 1260. The molecule has 8 heteroatoms. The highest BCUT2D eigenvalue weighted by atomic mass is 35.5. The molecule has 1 N–H and O–H groups in total. The highest BCUT2D eigenvalue weighted by Gasteiger charge is 2.33. The van der Waals surface area contributed by atoms with Crippen LogP contribution in [0.2, 0.25) is 5.02 Å². The van der Waals surface area contributed by atoms with Gasteiger partial charge in [0.25, 0.3) is 11.8 Å². The molecular formula is C25H19ClN2O3S2. The van der Waals surface area contributed by atoms with Crippen molar-refractivity contribution in [3.05, 3.63) is 93.9 Å². The summed E-state index contributed by atoms with van der Waals surface area (Å²) in [7, 11) is 0. The lowest BCUT2D eigenvalue weighted by Gasteiger charge is -2.14. The molecule has 1 saturated heterocycles. The van der Waals surface area contributed by atoms with Crippen LogP contribution >= 0.6 is 35.6 Å². The highest BCUT2D eigenvalue weighted by molar-refractivity contribution is 8.27. The minimum Gasteiger partial charge on any atom is -0.484 e. The zero-order chi connectivity index (χ0) is 23.4. The van der Waals surface area contributed by atoms with Crippen LogP contribution in [0.15, 0.2) is 77.7 Å². The SMILES string of the molecule is Cc1ccccc1NC(=O)COc1cccc(/C=C2\SC(=S)N(c3ccc(Cl)cc3)C2=O)c1. The van der Waals surface area contributed by atoms with Crippen LogP contribution in [0.3, 0.4) is 0 Å². The number of para-hydroxylation sites is 1. The van der Waals surface area contributed by atoms with E-state index in [1.54, 1.807) is 48.5 Å². The van der Waals surface area contributed by atoms with Gasteiger partial charge in [0.1, 0.15) is 5.75 Å². The molecule has 1 aliphatic heterocycles. The van der Waals surface area contributed by atoms with Crippen molar-refractivity contribution in [1.29, 1.82) is 0 Å². The van der Waals surface area contributed by atoms with Crippen LogP contribution in [0.4, 0.5) is 11.4 Å². The van der Waals surface area contributed by atoms with E-state index in [4.69, 9.17) is 28.6 Å². The van der Waals surface area contributed by atoms with Crippen LogP contribution in [0.5, 0.6) is 5.75 Å². The van der Waals surface area contributed by atoms with E-state index in [0.29, 0.717) is 25.7 Å². The molecule has 0 unspecified atom stereocenters. The Kier molecular flexibility index (Phi) is 7.13. The Morgan fingerprint density at radius 2 is 1.88 bits per heavy atom. The van der Waals surface area contributed by atoms with E-state index in [1.807, 2.05) is 37.3 Å². The number of nitrogens with zero attached hydrogens (tertiary/aromatic N) is 1. The van der Waals surface area contributed by atoms with E-state index in [2.05, 4.69) is 5.32 Å². The fraction of sp³-hybridized carbons (Fsp3) is 0.0800. The summed E-state index contributed by atoms with van der Waals surface area (Å²) in [5.41, 5.74) is 3.16. The number of benzene rings is 3. The van der Waals surface area contributed by atoms with Gasteiger partial charge in [-0.05, 0) is 66.6 Å². The van der Waals surface area contributed by atoms with Crippen molar-refractivity contribution in [2.75, 3.05) is 16.8 Å². The van der Waals surface area contributed by atoms with Gasteiger partial charge in [-0.1, -0.05) is 65.9 Å². The van der Waals surface area contributed by atoms with E-state index in [1.165, 1.54) is 16.7 Å². The topological polar surface area (TPSA) is 58.6 Å². The summed E-state index contributed by atoms with van der Waals surface area (Å²) in [4.78, 5) is 27.2. The maximum Gasteiger partial charge on any atom is 0.270 e. The van der Waals surface area contributed by atoms with Crippen molar-refractivity contribution >= 4 is 69.2 Å². The fourth-order valence-electron chi connectivity index (χ4n) is 3.17. The fourth-order valence-corrected chi connectivity index (χ4v) is 4.60. The molecule has 0 spiro atoms. The number of hydrogen-bond donors (Lipinski definition) is 1. The highest BCUT2D eigenvalue weighted by Crippen LogP contribution is 2.36. The first kappa shape index (κ1) is 23.0. The molecule has 0 atom stereocenters. The summed E-state index contributed by atoms with van der Waals surface area (Å²) in [5, 5.41) is 3.42. The minimum atomic E-state index is -0.251. The normalized spacial score (nSPS) is 14.6. The summed E-state index contributed by atoms with van der Waals surface area (Å²) < 4.78 is 6.11. The van der Waals surface area contributed by atoms with Gasteiger partial charge in [0.05, 0.1) is 10.6 Å². The number of anilines is 2. The van der Waals surface area contributed by atoms with Crippen molar-refractivity contribution in [3.63, 3.8) is 0 Å². The molecule has 33 heavy (non-hydrogen) atoms. The van der Waals surface area contributed by atoms with Crippen molar-refractivity contribution in [1.82, 2.24) is 0 Å². The largest absolute Gasteiger partial charge is 0.484 e. The van der Waals surface area contributed by atoms with Gasteiger partial charge in [-0.15, -0.1) is 0 Å². The van der Waals surface area contributed by atoms with E-state index >= 15 is 0 Å². The number of amides is 2. The van der Waals surface area contributed by atoms with Crippen molar-refractivity contribution in [3.8, 4) is 5.75 Å². The number of nitrogens with one attached hydrogen (secondary N) is 1. The third-order valence-corrected chi connectivity index (χ3v) is 6.38. The van der Waals surface area contributed by atoms with Crippen LogP contribution in [0.25, 0.3) is 6.08 Å². The number of thioether (sulfide) groups is 1. The predicted molar refractivity (Wildman–Crippen MR) is 139 cm³/mol. The first-order valence-electron chi connectivity index (χ1n) is 10.0. The number of aryl methyl sites for hydroxylation is 1. The van der Waals surface area contributed by atoms with E-state index in [0.717, 1.165) is 16.8 Å². The zero-order valence-corrected chi connectivity index (χ0v) is 20.0. The molecule has 1 heterocycles. The van der Waals surface area contributed by atoms with Crippen LogP contribution in [0, 0.1) is 6.92 Å². The van der Waals surface area contributed by atoms with Gasteiger partial charge in [0.15, 0.2) is 10.9 Å². The van der Waals surface area contributed by atoms with Gasteiger partial charge in [-0.3, -0.25) is 14.5 Å². The molecule has 0 radical (unpaired) electrons. The Hall–Kier alpha value is -3.13. The van der Waals surface area contributed by atoms with Gasteiger partial charge < -0.3 is 10.1 Å². The Morgan fingerprint density at radius 3 is 2.64 bits per heavy atom. The molecule has 0 saturated carbocycles. The molecule has 0 aromatic heterocycles. The molecular weight excluding hydrogens is 476 g/mol. The van der Waals surface area contributed by atoms with Crippen molar-refractivity contribution in [2.24, 2.45) is 0 Å². The first-order valence-corrected chi connectivity index (χ1v) is 11.6. The summed E-state index contributed by atoms with van der Waals surface area (Å²) in [6.07, 6.45) is 1.76. The molecule has 0 aliphatic carbocycles. The number of halogens is 1. The Labute approximate surface area is 206 Å². The van der Waals surface area contributed by atoms with Gasteiger partial charge in [-0.2, -0.15) is 0 Å². The van der Waals surface area contributed by atoms with E-state index < -0.39 is 0 Å². The number of carbonyl (C=O) groups excluding carboxylic acids is 2. The first-order chi connectivity index (χ1) is 15.9. The van der Waals surface area contributed by atoms with Gasteiger partial charge in [0, 0.05) is 10.7 Å². The predicted octanol–water partition coefficient (Wildman–Crippen LogP) is 6.07. The number of ether oxygens (including phenoxy) is 1. The van der Waals surface area contributed by atoms with E-state index in [9.17, 15) is 9.59 Å². The standard InChI is InChI=1S/C25H19ClN2O3S2/c1-16-5-2-3-8-21(16)27-23(29)15-31-20-7-4-6-17(13-20)14-22-24(30)28(25(32)33-22)19-11-9-18(26)10-12-19/h2-14H,15H2,1H3,(H,27,29)/b22-14-. The van der Waals surface area contributed by atoms with Gasteiger partial charge in [0.2, 0.25) is 0 Å². The van der Waals surface area contributed by atoms with Crippen LogP contribution in [0.1, 0.15) is 11.1 Å². The third-order valence-electron chi connectivity index (χ3n) is 4.82. The second-order valence-corrected chi connectivity index (χ2v) is 9.33. The van der Waals surface area contributed by atoms with Gasteiger partial charge >= 0.3 is 0 Å². The van der Waals surface area contributed by atoms with Crippen molar-refractivity contribution < 1.29 is 14.3 Å². The third kappa shape index (κ3) is 5.63. The summed E-state index contributed by atoms with van der Waals surface area (Å²) in [5.74, 6) is 0.0756. The maximum atomic E-state index is 12.9. The number of thiocarbonyl (C=S) groups is 1. The monoisotopic (exact) mass is 494 g/mol. The maximum absolute atomic E-state index is 12.9.